The topological polar surface area (TPSA) is 80.5 Å². The summed E-state index contributed by atoms with van der Waals surface area (Å²) in [5.41, 5.74) is 7.08. The van der Waals surface area contributed by atoms with E-state index in [1.54, 1.807) is 17.0 Å². The molecule has 0 heterocycles. The van der Waals surface area contributed by atoms with Crippen LogP contribution in [-0.4, -0.2) is 38.6 Å². The average molecular weight is 383 g/mol. The maximum absolute atomic E-state index is 12.8. The summed E-state index contributed by atoms with van der Waals surface area (Å²) in [6, 6.07) is 15.8. The van der Waals surface area contributed by atoms with Crippen LogP contribution >= 0.6 is 12.4 Å². The minimum absolute atomic E-state index is 0. The van der Waals surface area contributed by atoms with Gasteiger partial charge in [-0.15, -0.1) is 12.4 Å². The summed E-state index contributed by atoms with van der Waals surface area (Å²) in [7, 11) is -3.27. The summed E-state index contributed by atoms with van der Waals surface area (Å²) < 4.78 is 23.0. The van der Waals surface area contributed by atoms with Crippen LogP contribution in [0.25, 0.3) is 0 Å². The van der Waals surface area contributed by atoms with Gasteiger partial charge in [-0.1, -0.05) is 30.3 Å². The SMILES string of the molecule is CS(=O)(=O)c1ccc(C(=O)N(CCCN)Cc2ccccc2)cc1.Cl. The molecular formula is C18H23ClN2O3S. The van der Waals surface area contributed by atoms with Crippen molar-refractivity contribution in [2.75, 3.05) is 19.3 Å². The Bertz CT molecular complexity index is 778. The van der Waals surface area contributed by atoms with Gasteiger partial charge in [0.15, 0.2) is 9.84 Å². The smallest absolute Gasteiger partial charge is 0.254 e. The van der Waals surface area contributed by atoms with E-state index in [-0.39, 0.29) is 23.2 Å². The molecule has 0 saturated carbocycles. The number of nitrogens with zero attached hydrogens (tertiary/aromatic N) is 1. The van der Waals surface area contributed by atoms with E-state index < -0.39 is 9.84 Å². The summed E-state index contributed by atoms with van der Waals surface area (Å²) >= 11 is 0. The molecule has 0 atom stereocenters. The van der Waals surface area contributed by atoms with Crippen LogP contribution in [0.2, 0.25) is 0 Å². The van der Waals surface area contributed by atoms with Crippen molar-refractivity contribution in [3.8, 4) is 0 Å². The van der Waals surface area contributed by atoms with Crippen LogP contribution in [0, 0.1) is 0 Å². The van der Waals surface area contributed by atoms with Crippen LogP contribution in [0.4, 0.5) is 0 Å². The molecule has 0 unspecified atom stereocenters. The highest BCUT2D eigenvalue weighted by molar-refractivity contribution is 7.90. The van der Waals surface area contributed by atoms with E-state index in [1.807, 2.05) is 30.3 Å². The Kier molecular flexibility index (Phi) is 8.09. The van der Waals surface area contributed by atoms with E-state index in [9.17, 15) is 13.2 Å². The van der Waals surface area contributed by atoms with Gasteiger partial charge in [-0.05, 0) is 42.8 Å². The Balaban J connectivity index is 0.00000312. The first-order valence-electron chi connectivity index (χ1n) is 7.75. The Labute approximate surface area is 155 Å². The quantitative estimate of drug-likeness (QED) is 0.797. The molecule has 0 aromatic heterocycles. The minimum Gasteiger partial charge on any atom is -0.334 e. The molecule has 25 heavy (non-hydrogen) atoms. The number of nitrogens with two attached hydrogens (primary N) is 1. The van der Waals surface area contributed by atoms with E-state index in [1.165, 1.54) is 12.1 Å². The number of rotatable bonds is 7. The number of halogens is 1. The first-order chi connectivity index (χ1) is 11.4. The third kappa shape index (κ3) is 6.16. The zero-order valence-corrected chi connectivity index (χ0v) is 15.7. The molecule has 0 aliphatic rings. The lowest BCUT2D eigenvalue weighted by Gasteiger charge is -2.23. The fraction of sp³-hybridized carbons (Fsp3) is 0.278. The van der Waals surface area contributed by atoms with E-state index in [4.69, 9.17) is 5.73 Å². The standard InChI is InChI=1S/C18H22N2O3S.ClH/c1-24(22,23)17-10-8-16(9-11-17)18(21)20(13-5-12-19)14-15-6-3-2-4-7-15;/h2-4,6-11H,5,12-14,19H2,1H3;1H. The van der Waals surface area contributed by atoms with Crippen LogP contribution in [0.1, 0.15) is 22.3 Å². The van der Waals surface area contributed by atoms with Crippen molar-refractivity contribution >= 4 is 28.2 Å². The molecule has 0 aliphatic heterocycles. The predicted octanol–water partition coefficient (Wildman–Crippen LogP) is 2.50. The normalized spacial score (nSPS) is 10.8. The highest BCUT2D eigenvalue weighted by Crippen LogP contribution is 2.14. The van der Waals surface area contributed by atoms with Gasteiger partial charge >= 0.3 is 0 Å². The lowest BCUT2D eigenvalue weighted by Crippen LogP contribution is -2.32. The van der Waals surface area contributed by atoms with Crippen molar-refractivity contribution in [2.24, 2.45) is 5.73 Å². The van der Waals surface area contributed by atoms with Gasteiger partial charge < -0.3 is 10.6 Å². The molecule has 0 radical (unpaired) electrons. The minimum atomic E-state index is -3.27. The van der Waals surface area contributed by atoms with Crippen LogP contribution < -0.4 is 5.73 Å². The number of carbonyl (C=O) groups excluding carboxylic acids is 1. The summed E-state index contributed by atoms with van der Waals surface area (Å²) in [6.45, 7) is 1.55. The zero-order valence-electron chi connectivity index (χ0n) is 14.1. The monoisotopic (exact) mass is 382 g/mol. The van der Waals surface area contributed by atoms with Gasteiger partial charge in [0, 0.05) is 24.9 Å². The van der Waals surface area contributed by atoms with E-state index >= 15 is 0 Å². The molecule has 1 amide bonds. The zero-order chi connectivity index (χ0) is 17.6. The third-order valence-electron chi connectivity index (χ3n) is 3.67. The molecular weight excluding hydrogens is 360 g/mol. The summed E-state index contributed by atoms with van der Waals surface area (Å²) in [6.07, 6.45) is 1.85. The number of sulfone groups is 1. The fourth-order valence-electron chi connectivity index (χ4n) is 2.37. The second-order valence-corrected chi connectivity index (χ2v) is 7.67. The van der Waals surface area contributed by atoms with Crippen molar-refractivity contribution in [1.29, 1.82) is 0 Å². The molecule has 2 aromatic carbocycles. The number of amides is 1. The van der Waals surface area contributed by atoms with E-state index in [2.05, 4.69) is 0 Å². The molecule has 0 spiro atoms. The van der Waals surface area contributed by atoms with Crippen LogP contribution in [-0.2, 0) is 16.4 Å². The Hall–Kier alpha value is -1.89. The first kappa shape index (κ1) is 21.2. The average Bonchev–Trinajstić information content (AvgIpc) is 2.58. The summed E-state index contributed by atoms with van der Waals surface area (Å²) in [5, 5.41) is 0. The molecule has 0 aliphatic carbocycles. The summed E-state index contributed by atoms with van der Waals surface area (Å²) in [4.78, 5) is 14.7. The lowest BCUT2D eigenvalue weighted by molar-refractivity contribution is 0.0742. The molecule has 7 heteroatoms. The van der Waals surface area contributed by atoms with Crippen LogP contribution in [0.15, 0.2) is 59.5 Å². The molecule has 2 N–H and O–H groups in total. The second-order valence-electron chi connectivity index (χ2n) is 5.65. The number of carbonyl (C=O) groups is 1. The van der Waals surface area contributed by atoms with Gasteiger partial charge in [0.05, 0.1) is 4.90 Å². The second kappa shape index (κ2) is 9.56. The molecule has 2 rings (SSSR count). The van der Waals surface area contributed by atoms with Gasteiger partial charge in [0.2, 0.25) is 0 Å². The Morgan fingerprint density at radius 1 is 1.04 bits per heavy atom. The maximum atomic E-state index is 12.8. The van der Waals surface area contributed by atoms with Crippen LogP contribution in [0.5, 0.6) is 0 Å². The molecule has 0 bridgehead atoms. The first-order valence-corrected chi connectivity index (χ1v) is 9.64. The molecule has 5 nitrogen and oxygen atoms in total. The number of hydrogen-bond donors (Lipinski definition) is 1. The molecule has 2 aromatic rings. The lowest BCUT2D eigenvalue weighted by atomic mass is 10.1. The van der Waals surface area contributed by atoms with Crippen molar-refractivity contribution in [1.82, 2.24) is 4.90 Å². The highest BCUT2D eigenvalue weighted by Gasteiger charge is 2.17. The highest BCUT2D eigenvalue weighted by atomic mass is 35.5. The van der Waals surface area contributed by atoms with Crippen LogP contribution in [0.3, 0.4) is 0 Å². The maximum Gasteiger partial charge on any atom is 0.254 e. The largest absolute Gasteiger partial charge is 0.334 e. The molecule has 136 valence electrons. The Morgan fingerprint density at radius 2 is 1.64 bits per heavy atom. The van der Waals surface area contributed by atoms with Gasteiger partial charge in [0.25, 0.3) is 5.91 Å². The van der Waals surface area contributed by atoms with Crippen molar-refractivity contribution in [3.05, 3.63) is 65.7 Å². The molecule has 0 saturated heterocycles. The predicted molar refractivity (Wildman–Crippen MR) is 102 cm³/mol. The Morgan fingerprint density at radius 3 is 2.16 bits per heavy atom. The number of benzene rings is 2. The van der Waals surface area contributed by atoms with Crippen molar-refractivity contribution in [3.63, 3.8) is 0 Å². The van der Waals surface area contributed by atoms with E-state index in [0.717, 1.165) is 11.8 Å². The fourth-order valence-corrected chi connectivity index (χ4v) is 3.00. The van der Waals surface area contributed by atoms with Gasteiger partial charge in [-0.3, -0.25) is 4.79 Å². The molecule has 0 fully saturated rings. The van der Waals surface area contributed by atoms with Gasteiger partial charge in [-0.2, -0.15) is 0 Å². The van der Waals surface area contributed by atoms with Gasteiger partial charge in [-0.25, -0.2) is 8.42 Å². The van der Waals surface area contributed by atoms with Gasteiger partial charge in [0.1, 0.15) is 0 Å². The third-order valence-corrected chi connectivity index (χ3v) is 4.79. The van der Waals surface area contributed by atoms with Crippen molar-refractivity contribution in [2.45, 2.75) is 17.9 Å². The van der Waals surface area contributed by atoms with E-state index in [0.29, 0.717) is 31.6 Å². The number of hydrogen-bond acceptors (Lipinski definition) is 4. The van der Waals surface area contributed by atoms with Crippen molar-refractivity contribution < 1.29 is 13.2 Å². The summed E-state index contributed by atoms with van der Waals surface area (Å²) in [5.74, 6) is -0.132.